The van der Waals surface area contributed by atoms with Gasteiger partial charge in [-0.05, 0) is 6.54 Å². The number of anilines is 1. The first kappa shape index (κ1) is 12.3. The van der Waals surface area contributed by atoms with Crippen LogP contribution in [0.1, 0.15) is 12.6 Å². The van der Waals surface area contributed by atoms with Crippen molar-refractivity contribution in [3.63, 3.8) is 0 Å². The van der Waals surface area contributed by atoms with E-state index in [-0.39, 0.29) is 0 Å². The molecule has 17 heavy (non-hydrogen) atoms. The van der Waals surface area contributed by atoms with Crippen molar-refractivity contribution in [3.8, 4) is 0 Å². The van der Waals surface area contributed by atoms with Crippen LogP contribution in [0.5, 0.6) is 0 Å². The summed E-state index contributed by atoms with van der Waals surface area (Å²) in [6, 6.07) is 0. The van der Waals surface area contributed by atoms with Gasteiger partial charge in [-0.3, -0.25) is 9.88 Å². The summed E-state index contributed by atoms with van der Waals surface area (Å²) < 4.78 is 0. The molecule has 1 aliphatic rings. The van der Waals surface area contributed by atoms with Gasteiger partial charge in [-0.25, -0.2) is 4.98 Å². The fourth-order valence-electron chi connectivity index (χ4n) is 2.06. The number of nitrogens with zero attached hydrogens (tertiary/aromatic N) is 4. The quantitative estimate of drug-likeness (QED) is 0.830. The molecule has 0 spiro atoms. The number of piperazine rings is 1. The van der Waals surface area contributed by atoms with E-state index < -0.39 is 0 Å². The lowest BCUT2D eigenvalue weighted by molar-refractivity contribution is 0.130. The average molecular weight is 235 g/mol. The molecular formula is C12H21N5. The maximum Gasteiger partial charge on any atom is 0.144 e. The van der Waals surface area contributed by atoms with Crippen molar-refractivity contribution in [3.05, 3.63) is 18.1 Å². The van der Waals surface area contributed by atoms with E-state index in [1.165, 1.54) is 13.1 Å². The lowest BCUT2D eigenvalue weighted by Gasteiger charge is -2.33. The zero-order valence-electron chi connectivity index (χ0n) is 10.7. The predicted molar refractivity (Wildman–Crippen MR) is 69.0 cm³/mol. The van der Waals surface area contributed by atoms with E-state index in [0.29, 0.717) is 0 Å². The van der Waals surface area contributed by atoms with E-state index >= 15 is 0 Å². The van der Waals surface area contributed by atoms with Crippen molar-refractivity contribution in [1.29, 1.82) is 0 Å². The SMILES string of the molecule is CCN1CCN(Cc2cnc(NC)cn2)CC1. The maximum atomic E-state index is 4.40. The molecule has 0 unspecified atom stereocenters. The van der Waals surface area contributed by atoms with Crippen LogP contribution in [-0.2, 0) is 6.54 Å². The monoisotopic (exact) mass is 235 g/mol. The molecule has 1 aromatic rings. The minimum absolute atomic E-state index is 0.824. The molecule has 0 saturated carbocycles. The number of rotatable bonds is 4. The summed E-state index contributed by atoms with van der Waals surface area (Å²) in [7, 11) is 1.85. The first-order valence-electron chi connectivity index (χ1n) is 6.25. The minimum Gasteiger partial charge on any atom is -0.372 e. The Balaban J connectivity index is 1.84. The van der Waals surface area contributed by atoms with Crippen LogP contribution in [0, 0.1) is 0 Å². The number of aromatic nitrogens is 2. The molecule has 0 bridgehead atoms. The first-order valence-corrected chi connectivity index (χ1v) is 6.25. The highest BCUT2D eigenvalue weighted by atomic mass is 15.3. The van der Waals surface area contributed by atoms with Gasteiger partial charge in [-0.1, -0.05) is 6.92 Å². The second-order valence-corrected chi connectivity index (χ2v) is 4.35. The van der Waals surface area contributed by atoms with E-state index in [0.717, 1.165) is 37.7 Å². The highest BCUT2D eigenvalue weighted by molar-refractivity contribution is 5.29. The van der Waals surface area contributed by atoms with Crippen LogP contribution < -0.4 is 5.32 Å². The molecule has 0 atom stereocenters. The van der Waals surface area contributed by atoms with Gasteiger partial charge in [0, 0.05) is 39.8 Å². The van der Waals surface area contributed by atoms with Crippen molar-refractivity contribution >= 4 is 5.82 Å². The molecule has 5 heteroatoms. The van der Waals surface area contributed by atoms with Crippen LogP contribution in [0.3, 0.4) is 0 Å². The molecule has 1 saturated heterocycles. The third kappa shape index (κ3) is 3.38. The fourth-order valence-corrected chi connectivity index (χ4v) is 2.06. The van der Waals surface area contributed by atoms with Gasteiger partial charge in [-0.15, -0.1) is 0 Å². The topological polar surface area (TPSA) is 44.3 Å². The Morgan fingerprint density at radius 2 is 1.82 bits per heavy atom. The van der Waals surface area contributed by atoms with Crippen molar-refractivity contribution in [2.75, 3.05) is 45.1 Å². The van der Waals surface area contributed by atoms with Crippen molar-refractivity contribution < 1.29 is 0 Å². The summed E-state index contributed by atoms with van der Waals surface area (Å²) in [6.45, 7) is 8.88. The molecule has 1 N–H and O–H groups in total. The van der Waals surface area contributed by atoms with Gasteiger partial charge in [0.2, 0.25) is 0 Å². The number of hydrogen-bond acceptors (Lipinski definition) is 5. The van der Waals surface area contributed by atoms with Crippen LogP contribution >= 0.6 is 0 Å². The molecule has 0 aliphatic carbocycles. The molecule has 1 aliphatic heterocycles. The highest BCUT2D eigenvalue weighted by Gasteiger charge is 2.15. The number of hydrogen-bond donors (Lipinski definition) is 1. The van der Waals surface area contributed by atoms with E-state index in [4.69, 9.17) is 0 Å². The lowest BCUT2D eigenvalue weighted by Crippen LogP contribution is -2.45. The molecule has 94 valence electrons. The molecule has 0 amide bonds. The summed E-state index contributed by atoms with van der Waals surface area (Å²) in [6.07, 6.45) is 3.65. The van der Waals surface area contributed by atoms with Crippen molar-refractivity contribution in [2.24, 2.45) is 0 Å². The molecule has 0 radical (unpaired) electrons. The fraction of sp³-hybridized carbons (Fsp3) is 0.667. The molecular weight excluding hydrogens is 214 g/mol. The summed E-state index contributed by atoms with van der Waals surface area (Å²) >= 11 is 0. The van der Waals surface area contributed by atoms with Crippen LogP contribution in [-0.4, -0.2) is 59.5 Å². The van der Waals surface area contributed by atoms with Gasteiger partial charge in [0.1, 0.15) is 5.82 Å². The molecule has 0 aromatic carbocycles. The van der Waals surface area contributed by atoms with Gasteiger partial charge < -0.3 is 10.2 Å². The first-order chi connectivity index (χ1) is 8.31. The van der Waals surface area contributed by atoms with E-state index in [2.05, 4.69) is 32.0 Å². The van der Waals surface area contributed by atoms with Crippen LogP contribution in [0.25, 0.3) is 0 Å². The second kappa shape index (κ2) is 5.93. The maximum absolute atomic E-state index is 4.40. The summed E-state index contributed by atoms with van der Waals surface area (Å²) in [5.41, 5.74) is 1.05. The standard InChI is InChI=1S/C12H21N5/c1-3-16-4-6-17(7-5-16)10-11-8-15-12(13-2)9-14-11/h8-9H,3-7,10H2,1-2H3,(H,13,15). The largest absolute Gasteiger partial charge is 0.372 e. The highest BCUT2D eigenvalue weighted by Crippen LogP contribution is 2.07. The van der Waals surface area contributed by atoms with Gasteiger partial charge in [-0.2, -0.15) is 0 Å². The Morgan fingerprint density at radius 3 is 2.35 bits per heavy atom. The number of likely N-dealkylation sites (N-methyl/N-ethyl adjacent to an activating group) is 1. The van der Waals surface area contributed by atoms with E-state index in [9.17, 15) is 0 Å². The van der Waals surface area contributed by atoms with Gasteiger partial charge >= 0.3 is 0 Å². The Hall–Kier alpha value is -1.20. The Morgan fingerprint density at radius 1 is 1.12 bits per heavy atom. The summed E-state index contributed by atoms with van der Waals surface area (Å²) in [5.74, 6) is 0.824. The minimum atomic E-state index is 0.824. The van der Waals surface area contributed by atoms with Gasteiger partial charge in [0.15, 0.2) is 0 Å². The Kier molecular flexibility index (Phi) is 4.28. The summed E-state index contributed by atoms with van der Waals surface area (Å²) in [5, 5.41) is 2.98. The van der Waals surface area contributed by atoms with Crippen LogP contribution in [0.4, 0.5) is 5.82 Å². The predicted octanol–water partition coefficient (Wildman–Crippen LogP) is 0.656. The molecule has 2 heterocycles. The van der Waals surface area contributed by atoms with E-state index in [1.807, 2.05) is 13.2 Å². The van der Waals surface area contributed by atoms with Crippen molar-refractivity contribution in [2.45, 2.75) is 13.5 Å². The average Bonchev–Trinajstić information content (AvgIpc) is 2.40. The normalized spacial score (nSPS) is 18.2. The van der Waals surface area contributed by atoms with Crippen LogP contribution in [0.2, 0.25) is 0 Å². The Bertz CT molecular complexity index is 329. The zero-order chi connectivity index (χ0) is 12.1. The third-order valence-electron chi connectivity index (χ3n) is 3.26. The molecule has 2 rings (SSSR count). The Labute approximate surface area is 103 Å². The third-order valence-corrected chi connectivity index (χ3v) is 3.26. The zero-order valence-corrected chi connectivity index (χ0v) is 10.7. The van der Waals surface area contributed by atoms with Crippen LogP contribution in [0.15, 0.2) is 12.4 Å². The second-order valence-electron chi connectivity index (χ2n) is 4.35. The molecule has 5 nitrogen and oxygen atoms in total. The summed E-state index contributed by atoms with van der Waals surface area (Å²) in [4.78, 5) is 13.6. The smallest absolute Gasteiger partial charge is 0.144 e. The molecule has 1 aromatic heterocycles. The van der Waals surface area contributed by atoms with Gasteiger partial charge in [0.25, 0.3) is 0 Å². The van der Waals surface area contributed by atoms with E-state index in [1.54, 1.807) is 6.20 Å². The lowest BCUT2D eigenvalue weighted by atomic mass is 10.3. The van der Waals surface area contributed by atoms with Crippen molar-refractivity contribution in [1.82, 2.24) is 19.8 Å². The van der Waals surface area contributed by atoms with Gasteiger partial charge in [0.05, 0.1) is 18.1 Å². The molecule has 1 fully saturated rings. The number of nitrogens with one attached hydrogen (secondary N) is 1.